The van der Waals surface area contributed by atoms with Crippen molar-refractivity contribution in [1.82, 2.24) is 10.4 Å². The van der Waals surface area contributed by atoms with E-state index >= 15 is 0 Å². The molecule has 90 valence electrons. The molecule has 0 fully saturated rings. The summed E-state index contributed by atoms with van der Waals surface area (Å²) in [6.07, 6.45) is 3.41. The van der Waals surface area contributed by atoms with Gasteiger partial charge >= 0.3 is 0 Å². The van der Waals surface area contributed by atoms with Gasteiger partial charge in [0.25, 0.3) is 5.91 Å². The number of hydrogen-bond donors (Lipinski definition) is 2. The van der Waals surface area contributed by atoms with Gasteiger partial charge in [0.05, 0.1) is 15.5 Å². The molecule has 1 aliphatic heterocycles. The molecule has 4 nitrogen and oxygen atoms in total. The zero-order valence-electron chi connectivity index (χ0n) is 9.11. The number of hydrazone groups is 1. The van der Waals surface area contributed by atoms with E-state index < -0.39 is 0 Å². The quantitative estimate of drug-likeness (QED) is 0.815. The lowest BCUT2D eigenvalue weighted by Crippen LogP contribution is -2.13. The number of rotatable bonds is 2. The number of nitrogens with one attached hydrogen (secondary N) is 2. The summed E-state index contributed by atoms with van der Waals surface area (Å²) in [4.78, 5) is 15.7. The summed E-state index contributed by atoms with van der Waals surface area (Å²) in [6, 6.07) is 5.61. The van der Waals surface area contributed by atoms with E-state index in [2.05, 4.69) is 15.5 Å². The van der Waals surface area contributed by atoms with Crippen molar-refractivity contribution in [2.45, 2.75) is 0 Å². The molecule has 2 aromatic rings. The van der Waals surface area contributed by atoms with Crippen LogP contribution in [0.15, 0.2) is 40.5 Å². The Morgan fingerprint density at radius 3 is 3.00 bits per heavy atom. The van der Waals surface area contributed by atoms with E-state index in [1.165, 1.54) is 0 Å². The minimum absolute atomic E-state index is 0.205. The molecular weight excluding hydrogens is 270 g/mol. The molecule has 3 heterocycles. The molecular formula is C12H8ClN3OS. The third-order valence-corrected chi connectivity index (χ3v) is 3.59. The topological polar surface area (TPSA) is 57.2 Å². The fourth-order valence-corrected chi connectivity index (χ4v) is 2.59. The van der Waals surface area contributed by atoms with Crippen molar-refractivity contribution in [3.8, 4) is 0 Å². The Hall–Kier alpha value is -1.85. The fourth-order valence-electron chi connectivity index (χ4n) is 1.69. The number of amides is 1. The number of H-pyrrole nitrogens is 1. The van der Waals surface area contributed by atoms with Crippen LogP contribution in [0.1, 0.15) is 10.6 Å². The van der Waals surface area contributed by atoms with E-state index in [0.29, 0.717) is 16.3 Å². The van der Waals surface area contributed by atoms with Gasteiger partial charge in [0.2, 0.25) is 0 Å². The second kappa shape index (κ2) is 4.44. The van der Waals surface area contributed by atoms with E-state index in [4.69, 9.17) is 11.6 Å². The van der Waals surface area contributed by atoms with Gasteiger partial charge in [-0.3, -0.25) is 4.79 Å². The molecule has 0 bridgehead atoms. The summed E-state index contributed by atoms with van der Waals surface area (Å²) in [7, 11) is 0. The van der Waals surface area contributed by atoms with Crippen molar-refractivity contribution in [3.63, 3.8) is 0 Å². The first-order valence-corrected chi connectivity index (χ1v) is 6.48. The highest BCUT2D eigenvalue weighted by molar-refractivity contribution is 7.12. The maximum Gasteiger partial charge on any atom is 0.273 e. The van der Waals surface area contributed by atoms with Crippen LogP contribution in [0.2, 0.25) is 5.02 Å². The van der Waals surface area contributed by atoms with Crippen LogP contribution in [0, 0.1) is 0 Å². The van der Waals surface area contributed by atoms with E-state index in [1.54, 1.807) is 29.7 Å². The van der Waals surface area contributed by atoms with Gasteiger partial charge in [-0.1, -0.05) is 17.7 Å². The molecule has 0 unspecified atom stereocenters. The number of aromatic nitrogens is 1. The van der Waals surface area contributed by atoms with Crippen LogP contribution in [0.25, 0.3) is 6.08 Å². The Balaban J connectivity index is 2.01. The number of hydrogen-bond acceptors (Lipinski definition) is 3. The maximum atomic E-state index is 11.8. The van der Waals surface area contributed by atoms with Crippen molar-refractivity contribution in [2.24, 2.45) is 5.10 Å². The lowest BCUT2D eigenvalue weighted by atomic mass is 10.1. The third-order valence-electron chi connectivity index (χ3n) is 2.49. The molecule has 0 atom stereocenters. The standard InChI is InChI=1S/C12H8ClN3OS/c13-7-4-8(14-6-7)5-9-11(15-16-12(9)17)10-2-1-3-18-10/h1-6,14H,(H,16,17)/b9-5+. The zero-order chi connectivity index (χ0) is 12.5. The number of nitrogens with zero attached hydrogens (tertiary/aromatic N) is 1. The highest BCUT2D eigenvalue weighted by Crippen LogP contribution is 2.21. The van der Waals surface area contributed by atoms with Crippen LogP contribution in [0.3, 0.4) is 0 Å². The number of aromatic amines is 1. The molecule has 0 aromatic carbocycles. The van der Waals surface area contributed by atoms with Gasteiger partial charge in [-0.2, -0.15) is 5.10 Å². The van der Waals surface area contributed by atoms with Gasteiger partial charge in [0.15, 0.2) is 0 Å². The van der Waals surface area contributed by atoms with Gasteiger partial charge in [-0.15, -0.1) is 11.3 Å². The molecule has 1 amide bonds. The molecule has 2 N–H and O–H groups in total. The average Bonchev–Trinajstić information content (AvgIpc) is 3.03. The Labute approximate surface area is 112 Å². The summed E-state index contributed by atoms with van der Waals surface area (Å²) in [5, 5.41) is 6.61. The van der Waals surface area contributed by atoms with Crippen LogP contribution >= 0.6 is 22.9 Å². The van der Waals surface area contributed by atoms with Gasteiger partial charge in [-0.05, 0) is 23.6 Å². The summed E-state index contributed by atoms with van der Waals surface area (Å²) >= 11 is 7.37. The lowest BCUT2D eigenvalue weighted by Gasteiger charge is -1.97. The summed E-state index contributed by atoms with van der Waals surface area (Å²) in [6.45, 7) is 0. The molecule has 3 rings (SSSR count). The Kier molecular flexibility index (Phi) is 2.77. The Bertz CT molecular complexity index is 655. The summed E-state index contributed by atoms with van der Waals surface area (Å²) in [5.74, 6) is -0.205. The predicted octanol–water partition coefficient (Wildman–Crippen LogP) is 2.65. The monoisotopic (exact) mass is 277 g/mol. The molecule has 0 radical (unpaired) electrons. The van der Waals surface area contributed by atoms with Gasteiger partial charge in [-0.25, -0.2) is 5.43 Å². The van der Waals surface area contributed by atoms with Crippen molar-refractivity contribution >= 4 is 40.6 Å². The SMILES string of the molecule is O=C1NN=C(c2cccs2)/C1=C\c1cc(Cl)c[nH]1. The normalized spacial score (nSPS) is 17.1. The molecule has 6 heteroatoms. The lowest BCUT2D eigenvalue weighted by molar-refractivity contribution is -0.116. The van der Waals surface area contributed by atoms with Gasteiger partial charge < -0.3 is 4.98 Å². The number of halogens is 1. The third kappa shape index (κ3) is 1.98. The number of thiophene rings is 1. The smallest absolute Gasteiger partial charge is 0.273 e. The average molecular weight is 278 g/mol. The summed E-state index contributed by atoms with van der Waals surface area (Å²) in [5.41, 5.74) is 4.46. The fraction of sp³-hybridized carbons (Fsp3) is 0. The highest BCUT2D eigenvalue weighted by Gasteiger charge is 2.24. The second-order valence-corrected chi connectivity index (χ2v) is 5.09. The molecule has 18 heavy (non-hydrogen) atoms. The van der Waals surface area contributed by atoms with Crippen LogP contribution in [-0.4, -0.2) is 16.6 Å². The first kappa shape index (κ1) is 11.3. The minimum Gasteiger partial charge on any atom is -0.360 e. The van der Waals surface area contributed by atoms with Crippen molar-refractivity contribution in [1.29, 1.82) is 0 Å². The van der Waals surface area contributed by atoms with Crippen LogP contribution in [0.4, 0.5) is 0 Å². The van der Waals surface area contributed by atoms with Crippen molar-refractivity contribution in [3.05, 3.63) is 50.9 Å². The molecule has 0 aliphatic carbocycles. The first-order valence-electron chi connectivity index (χ1n) is 5.22. The van der Waals surface area contributed by atoms with E-state index in [0.717, 1.165) is 10.6 Å². The molecule has 1 aliphatic rings. The molecule has 0 spiro atoms. The van der Waals surface area contributed by atoms with E-state index in [1.807, 2.05) is 17.5 Å². The van der Waals surface area contributed by atoms with Crippen LogP contribution < -0.4 is 5.43 Å². The minimum atomic E-state index is -0.205. The Morgan fingerprint density at radius 2 is 2.33 bits per heavy atom. The Morgan fingerprint density at radius 1 is 1.44 bits per heavy atom. The summed E-state index contributed by atoms with van der Waals surface area (Å²) < 4.78 is 0. The second-order valence-electron chi connectivity index (χ2n) is 3.71. The molecule has 2 aromatic heterocycles. The predicted molar refractivity (Wildman–Crippen MR) is 72.8 cm³/mol. The van der Waals surface area contributed by atoms with Gasteiger partial charge in [0, 0.05) is 11.9 Å². The van der Waals surface area contributed by atoms with Crippen molar-refractivity contribution < 1.29 is 4.79 Å². The van der Waals surface area contributed by atoms with Crippen LogP contribution in [0.5, 0.6) is 0 Å². The zero-order valence-corrected chi connectivity index (χ0v) is 10.7. The first-order chi connectivity index (χ1) is 8.74. The largest absolute Gasteiger partial charge is 0.360 e. The van der Waals surface area contributed by atoms with Crippen molar-refractivity contribution in [2.75, 3.05) is 0 Å². The number of carbonyl (C=O) groups excluding carboxylic acids is 1. The molecule has 0 saturated heterocycles. The number of carbonyl (C=O) groups is 1. The highest BCUT2D eigenvalue weighted by atomic mass is 35.5. The maximum absolute atomic E-state index is 11.8. The van der Waals surface area contributed by atoms with E-state index in [-0.39, 0.29) is 5.91 Å². The van der Waals surface area contributed by atoms with Crippen LogP contribution in [-0.2, 0) is 4.79 Å². The molecule has 0 saturated carbocycles. The van der Waals surface area contributed by atoms with E-state index in [9.17, 15) is 4.79 Å². The van der Waals surface area contributed by atoms with Gasteiger partial charge in [0.1, 0.15) is 5.71 Å².